The number of anilines is 1. The molecule has 0 atom stereocenters. The summed E-state index contributed by atoms with van der Waals surface area (Å²) < 4.78 is 27.6. The lowest BCUT2D eigenvalue weighted by Gasteiger charge is -2.02. The summed E-state index contributed by atoms with van der Waals surface area (Å²) in [6.45, 7) is 2.08. The molecule has 102 valence electrons. The molecule has 0 unspecified atom stereocenters. The Hall–Kier alpha value is -2.29. The minimum atomic E-state index is -3.86. The molecular formula is C10H12N4O4S. The van der Waals surface area contributed by atoms with Crippen LogP contribution in [0.2, 0.25) is 0 Å². The number of hydrogen-bond acceptors (Lipinski definition) is 4. The number of imidazole rings is 1. The zero-order valence-electron chi connectivity index (χ0n) is 9.99. The third-order valence-corrected chi connectivity index (χ3v) is 3.78. The van der Waals surface area contributed by atoms with E-state index in [2.05, 4.69) is 14.7 Å². The highest BCUT2D eigenvalue weighted by atomic mass is 32.2. The highest BCUT2D eigenvalue weighted by molar-refractivity contribution is 7.92. The van der Waals surface area contributed by atoms with Gasteiger partial charge in [0, 0.05) is 25.1 Å². The van der Waals surface area contributed by atoms with Gasteiger partial charge >= 0.3 is 5.97 Å². The molecule has 0 fully saturated rings. The third-order valence-electron chi connectivity index (χ3n) is 2.47. The molecular weight excluding hydrogens is 272 g/mol. The Morgan fingerprint density at radius 3 is 2.79 bits per heavy atom. The topological polar surface area (TPSA) is 117 Å². The summed E-state index contributed by atoms with van der Waals surface area (Å²) in [5.41, 5.74) is -0.0812. The van der Waals surface area contributed by atoms with Gasteiger partial charge in [-0.2, -0.15) is 0 Å². The van der Waals surface area contributed by atoms with E-state index in [4.69, 9.17) is 5.11 Å². The second-order valence-corrected chi connectivity index (χ2v) is 5.38. The zero-order chi connectivity index (χ0) is 14.0. The number of hydrogen-bond donors (Lipinski definition) is 3. The molecule has 2 heterocycles. The first-order chi connectivity index (χ1) is 8.94. The summed E-state index contributed by atoms with van der Waals surface area (Å²) >= 11 is 0. The number of aromatic amines is 1. The van der Waals surface area contributed by atoms with Crippen molar-refractivity contribution in [1.29, 1.82) is 0 Å². The molecule has 0 aliphatic rings. The number of carboxylic acids is 1. The smallest absolute Gasteiger partial charge is 0.352 e. The van der Waals surface area contributed by atoms with Crippen LogP contribution in [0.25, 0.3) is 0 Å². The third kappa shape index (κ3) is 2.60. The summed E-state index contributed by atoms with van der Waals surface area (Å²) in [6, 6.07) is 1.11. The fourth-order valence-corrected chi connectivity index (χ4v) is 2.60. The predicted molar refractivity (Wildman–Crippen MR) is 66.5 cm³/mol. The van der Waals surface area contributed by atoms with Crippen molar-refractivity contribution in [1.82, 2.24) is 14.5 Å². The Kier molecular flexibility index (Phi) is 3.30. The van der Waals surface area contributed by atoms with Gasteiger partial charge in [-0.3, -0.25) is 0 Å². The summed E-state index contributed by atoms with van der Waals surface area (Å²) in [7, 11) is -3.86. The van der Waals surface area contributed by atoms with E-state index in [-0.39, 0.29) is 16.5 Å². The lowest BCUT2D eigenvalue weighted by molar-refractivity contribution is 0.0685. The largest absolute Gasteiger partial charge is 0.477 e. The van der Waals surface area contributed by atoms with Crippen LogP contribution < -0.4 is 4.72 Å². The van der Waals surface area contributed by atoms with Gasteiger partial charge in [0.25, 0.3) is 10.0 Å². The Bertz CT molecular complexity index is 687. The number of aromatic carboxylic acids is 1. The molecule has 8 nitrogen and oxygen atoms in total. The molecule has 0 saturated carbocycles. The number of aromatic nitrogens is 3. The second kappa shape index (κ2) is 4.76. The minimum absolute atomic E-state index is 0.0705. The molecule has 9 heteroatoms. The van der Waals surface area contributed by atoms with Gasteiger partial charge < -0.3 is 14.7 Å². The summed E-state index contributed by atoms with van der Waals surface area (Å²) in [5, 5.41) is 8.98. The standard InChI is InChI=1S/C10H12N4O4S/c1-2-14-6-7(5-8(14)9(15)16)19(17,18)13-10-11-3-4-12-10/h3-6H,2H2,1H3,(H,15,16)(H2,11,12,13). The van der Waals surface area contributed by atoms with Crippen LogP contribution in [0.1, 0.15) is 17.4 Å². The van der Waals surface area contributed by atoms with E-state index in [1.54, 1.807) is 6.92 Å². The number of H-pyrrole nitrogens is 1. The normalized spacial score (nSPS) is 11.4. The molecule has 2 aromatic heterocycles. The number of nitrogens with one attached hydrogen (secondary N) is 2. The quantitative estimate of drug-likeness (QED) is 0.748. The van der Waals surface area contributed by atoms with Crippen LogP contribution in [-0.4, -0.2) is 34.0 Å². The molecule has 0 amide bonds. The maximum absolute atomic E-state index is 12.0. The first-order valence-electron chi connectivity index (χ1n) is 5.39. The number of rotatable bonds is 5. The molecule has 0 aromatic carbocycles. The zero-order valence-corrected chi connectivity index (χ0v) is 10.8. The number of aryl methyl sites for hydroxylation is 1. The van der Waals surface area contributed by atoms with E-state index < -0.39 is 16.0 Å². The van der Waals surface area contributed by atoms with Crippen molar-refractivity contribution < 1.29 is 18.3 Å². The fourth-order valence-electron chi connectivity index (χ4n) is 1.58. The van der Waals surface area contributed by atoms with E-state index >= 15 is 0 Å². The monoisotopic (exact) mass is 284 g/mol. The molecule has 0 aliphatic heterocycles. The number of nitrogens with zero attached hydrogens (tertiary/aromatic N) is 2. The lowest BCUT2D eigenvalue weighted by Crippen LogP contribution is -2.13. The molecule has 19 heavy (non-hydrogen) atoms. The number of carbonyl (C=O) groups is 1. The highest BCUT2D eigenvalue weighted by Crippen LogP contribution is 2.17. The lowest BCUT2D eigenvalue weighted by atomic mass is 10.4. The Morgan fingerprint density at radius 2 is 2.32 bits per heavy atom. The number of sulfonamides is 1. The van der Waals surface area contributed by atoms with E-state index in [1.807, 2.05) is 0 Å². The summed E-state index contributed by atoms with van der Waals surface area (Å²) in [6.07, 6.45) is 4.14. The second-order valence-electron chi connectivity index (χ2n) is 3.70. The molecule has 0 aliphatic carbocycles. The first-order valence-corrected chi connectivity index (χ1v) is 6.88. The van der Waals surface area contributed by atoms with Crippen molar-refractivity contribution in [3.05, 3.63) is 30.4 Å². The van der Waals surface area contributed by atoms with Crippen LogP contribution in [0.15, 0.2) is 29.6 Å². The van der Waals surface area contributed by atoms with Gasteiger partial charge in [-0.25, -0.2) is 22.9 Å². The fraction of sp³-hybridized carbons (Fsp3) is 0.200. The van der Waals surface area contributed by atoms with E-state index in [1.165, 1.54) is 23.2 Å². The van der Waals surface area contributed by atoms with Crippen molar-refractivity contribution in [3.8, 4) is 0 Å². The molecule has 0 spiro atoms. The van der Waals surface area contributed by atoms with Crippen molar-refractivity contribution in [2.75, 3.05) is 4.72 Å². The van der Waals surface area contributed by atoms with E-state index in [9.17, 15) is 13.2 Å². The minimum Gasteiger partial charge on any atom is -0.477 e. The molecule has 2 aromatic rings. The van der Waals surface area contributed by atoms with Gasteiger partial charge in [0.15, 0.2) is 0 Å². The van der Waals surface area contributed by atoms with Gasteiger partial charge in [0.2, 0.25) is 5.95 Å². The van der Waals surface area contributed by atoms with Crippen LogP contribution in [0.4, 0.5) is 5.95 Å². The average Bonchev–Trinajstić information content (AvgIpc) is 2.95. The van der Waals surface area contributed by atoms with E-state index in [0.29, 0.717) is 6.54 Å². The predicted octanol–water partition coefficient (Wildman–Crippen LogP) is 0.730. The molecule has 0 bridgehead atoms. The highest BCUT2D eigenvalue weighted by Gasteiger charge is 2.21. The van der Waals surface area contributed by atoms with Gasteiger partial charge in [0.05, 0.1) is 0 Å². The van der Waals surface area contributed by atoms with Crippen LogP contribution in [-0.2, 0) is 16.6 Å². The SMILES string of the molecule is CCn1cc(S(=O)(=O)Nc2ncc[nH]2)cc1C(=O)O. The van der Waals surface area contributed by atoms with Crippen molar-refractivity contribution in [2.45, 2.75) is 18.4 Å². The van der Waals surface area contributed by atoms with Gasteiger partial charge in [-0.1, -0.05) is 0 Å². The summed E-state index contributed by atoms with van der Waals surface area (Å²) in [5.74, 6) is -1.11. The Balaban J connectivity index is 2.38. The molecule has 2 rings (SSSR count). The van der Waals surface area contributed by atoms with Crippen LogP contribution in [0.5, 0.6) is 0 Å². The molecule has 0 radical (unpaired) electrons. The van der Waals surface area contributed by atoms with Crippen molar-refractivity contribution in [2.24, 2.45) is 0 Å². The Morgan fingerprint density at radius 1 is 1.58 bits per heavy atom. The van der Waals surface area contributed by atoms with Gasteiger partial charge in [-0.15, -0.1) is 0 Å². The van der Waals surface area contributed by atoms with Gasteiger partial charge in [0.1, 0.15) is 10.6 Å². The van der Waals surface area contributed by atoms with Gasteiger partial charge in [-0.05, 0) is 13.0 Å². The summed E-state index contributed by atoms with van der Waals surface area (Å²) in [4.78, 5) is 17.2. The van der Waals surface area contributed by atoms with Crippen molar-refractivity contribution >= 4 is 21.9 Å². The molecule has 0 saturated heterocycles. The van der Waals surface area contributed by atoms with E-state index in [0.717, 1.165) is 6.07 Å². The molecule has 3 N–H and O–H groups in total. The average molecular weight is 284 g/mol. The van der Waals surface area contributed by atoms with Crippen LogP contribution in [0, 0.1) is 0 Å². The maximum atomic E-state index is 12.0. The maximum Gasteiger partial charge on any atom is 0.352 e. The van der Waals surface area contributed by atoms with Crippen molar-refractivity contribution in [3.63, 3.8) is 0 Å². The number of carboxylic acid groups (broad SMARTS) is 1. The van der Waals surface area contributed by atoms with Crippen LogP contribution >= 0.6 is 0 Å². The first kappa shape index (κ1) is 13.1. The van der Waals surface area contributed by atoms with Crippen LogP contribution in [0.3, 0.4) is 0 Å². The Labute approximate surface area is 109 Å².